The SMILES string of the molecule is CC(SCC(=O)N(C)C1=CCCC1)C(=O)O. The summed E-state index contributed by atoms with van der Waals surface area (Å²) < 4.78 is 0. The van der Waals surface area contributed by atoms with Gasteiger partial charge < -0.3 is 10.0 Å². The zero-order chi connectivity index (χ0) is 12.1. The zero-order valence-electron chi connectivity index (χ0n) is 9.60. The number of carbonyl (C=O) groups is 2. The number of carboxylic acid groups (broad SMARTS) is 1. The molecule has 1 aliphatic carbocycles. The summed E-state index contributed by atoms with van der Waals surface area (Å²) in [6.45, 7) is 1.59. The number of aliphatic carboxylic acids is 1. The van der Waals surface area contributed by atoms with Gasteiger partial charge in [0.25, 0.3) is 0 Å². The molecule has 0 saturated heterocycles. The molecule has 0 aromatic heterocycles. The number of hydrogen-bond acceptors (Lipinski definition) is 3. The minimum atomic E-state index is -0.875. The van der Waals surface area contributed by atoms with Crippen LogP contribution < -0.4 is 0 Å². The fraction of sp³-hybridized carbons (Fsp3) is 0.636. The molecule has 1 N–H and O–H groups in total. The van der Waals surface area contributed by atoms with E-state index in [1.54, 1.807) is 18.9 Å². The highest BCUT2D eigenvalue weighted by Gasteiger charge is 2.18. The van der Waals surface area contributed by atoms with Gasteiger partial charge in [0.2, 0.25) is 5.91 Å². The van der Waals surface area contributed by atoms with Crippen LogP contribution in [0.2, 0.25) is 0 Å². The first-order chi connectivity index (χ1) is 7.52. The number of carbonyl (C=O) groups excluding carboxylic acids is 1. The number of allylic oxidation sites excluding steroid dienone is 2. The molecule has 0 spiro atoms. The van der Waals surface area contributed by atoms with E-state index < -0.39 is 11.2 Å². The molecule has 0 heterocycles. The average molecular weight is 243 g/mol. The number of hydrogen-bond donors (Lipinski definition) is 1. The van der Waals surface area contributed by atoms with Gasteiger partial charge in [0, 0.05) is 12.7 Å². The topological polar surface area (TPSA) is 57.6 Å². The van der Waals surface area contributed by atoms with E-state index in [9.17, 15) is 9.59 Å². The Morgan fingerprint density at radius 1 is 1.62 bits per heavy atom. The van der Waals surface area contributed by atoms with Crippen LogP contribution in [0.1, 0.15) is 26.2 Å². The van der Waals surface area contributed by atoms with Gasteiger partial charge in [0.15, 0.2) is 0 Å². The van der Waals surface area contributed by atoms with Crippen LogP contribution in [0.25, 0.3) is 0 Å². The second-order valence-electron chi connectivity index (χ2n) is 3.83. The molecule has 1 unspecified atom stereocenters. The number of carboxylic acids is 1. The van der Waals surface area contributed by atoms with E-state index in [1.165, 1.54) is 0 Å². The molecule has 4 nitrogen and oxygen atoms in total. The molecule has 1 amide bonds. The van der Waals surface area contributed by atoms with E-state index in [0.717, 1.165) is 36.7 Å². The molecule has 0 aromatic carbocycles. The summed E-state index contributed by atoms with van der Waals surface area (Å²) in [5.74, 6) is -0.673. The van der Waals surface area contributed by atoms with Crippen molar-refractivity contribution in [2.45, 2.75) is 31.4 Å². The Morgan fingerprint density at radius 3 is 2.81 bits per heavy atom. The first-order valence-corrected chi connectivity index (χ1v) is 6.37. The molecule has 1 aliphatic rings. The highest BCUT2D eigenvalue weighted by molar-refractivity contribution is 8.01. The van der Waals surface area contributed by atoms with Crippen molar-refractivity contribution in [1.82, 2.24) is 4.90 Å². The maximum Gasteiger partial charge on any atom is 0.316 e. The van der Waals surface area contributed by atoms with E-state index in [4.69, 9.17) is 5.11 Å². The normalized spacial score (nSPS) is 16.8. The summed E-state index contributed by atoms with van der Waals surface area (Å²) >= 11 is 1.16. The second-order valence-corrected chi connectivity index (χ2v) is 5.16. The van der Waals surface area contributed by atoms with Gasteiger partial charge in [-0.05, 0) is 26.2 Å². The van der Waals surface area contributed by atoms with Gasteiger partial charge >= 0.3 is 5.97 Å². The molecular weight excluding hydrogens is 226 g/mol. The van der Waals surface area contributed by atoms with Gasteiger partial charge in [-0.25, -0.2) is 0 Å². The van der Waals surface area contributed by atoms with Crippen molar-refractivity contribution in [3.8, 4) is 0 Å². The predicted octanol–water partition coefficient (Wildman–Crippen LogP) is 1.72. The van der Waals surface area contributed by atoms with E-state index >= 15 is 0 Å². The van der Waals surface area contributed by atoms with Gasteiger partial charge in [-0.15, -0.1) is 11.8 Å². The van der Waals surface area contributed by atoms with Crippen LogP contribution in [0.15, 0.2) is 11.8 Å². The lowest BCUT2D eigenvalue weighted by atomic mass is 10.3. The Morgan fingerprint density at radius 2 is 2.31 bits per heavy atom. The third-order valence-corrected chi connectivity index (χ3v) is 3.74. The molecule has 90 valence electrons. The highest BCUT2D eigenvalue weighted by Crippen LogP contribution is 2.21. The van der Waals surface area contributed by atoms with Crippen molar-refractivity contribution in [1.29, 1.82) is 0 Å². The number of rotatable bonds is 5. The van der Waals surface area contributed by atoms with E-state index in [0.29, 0.717) is 0 Å². The molecule has 0 saturated carbocycles. The lowest BCUT2D eigenvalue weighted by molar-refractivity contribution is -0.136. The van der Waals surface area contributed by atoms with Gasteiger partial charge in [0.1, 0.15) is 0 Å². The van der Waals surface area contributed by atoms with Crippen molar-refractivity contribution in [3.05, 3.63) is 11.8 Å². The monoisotopic (exact) mass is 243 g/mol. The Kier molecular flexibility index (Phi) is 4.86. The summed E-state index contributed by atoms with van der Waals surface area (Å²) in [4.78, 5) is 24.0. The minimum Gasteiger partial charge on any atom is -0.480 e. The maximum absolute atomic E-state index is 11.7. The standard InChI is InChI=1S/C11H17NO3S/c1-8(11(14)15)16-7-10(13)12(2)9-5-3-4-6-9/h5,8H,3-4,6-7H2,1-2H3,(H,14,15). The fourth-order valence-electron chi connectivity index (χ4n) is 1.48. The van der Waals surface area contributed by atoms with E-state index in [1.807, 2.05) is 0 Å². The molecule has 1 rings (SSSR count). The van der Waals surface area contributed by atoms with Crippen molar-refractivity contribution >= 4 is 23.6 Å². The first-order valence-electron chi connectivity index (χ1n) is 5.32. The summed E-state index contributed by atoms with van der Waals surface area (Å²) in [6, 6.07) is 0. The zero-order valence-corrected chi connectivity index (χ0v) is 10.4. The molecule has 0 aliphatic heterocycles. The minimum absolute atomic E-state index is 0.0220. The summed E-state index contributed by atoms with van der Waals surface area (Å²) in [5.41, 5.74) is 1.06. The largest absolute Gasteiger partial charge is 0.480 e. The number of nitrogens with zero attached hydrogens (tertiary/aromatic N) is 1. The quantitative estimate of drug-likeness (QED) is 0.798. The Labute approximate surface area is 99.7 Å². The maximum atomic E-state index is 11.7. The molecule has 0 aromatic rings. The summed E-state index contributed by atoms with van der Waals surface area (Å²) in [6.07, 6.45) is 5.15. The molecule has 0 bridgehead atoms. The van der Waals surface area contributed by atoms with Crippen LogP contribution in [0.4, 0.5) is 0 Å². The summed E-state index contributed by atoms with van der Waals surface area (Å²) in [5, 5.41) is 8.16. The molecular formula is C11H17NO3S. The lowest BCUT2D eigenvalue weighted by Crippen LogP contribution is -2.28. The molecule has 0 fully saturated rings. The van der Waals surface area contributed by atoms with E-state index in [-0.39, 0.29) is 11.7 Å². The summed E-state index contributed by atoms with van der Waals surface area (Å²) in [7, 11) is 1.76. The van der Waals surface area contributed by atoms with Crippen LogP contribution in [0.3, 0.4) is 0 Å². The molecule has 1 atom stereocenters. The van der Waals surface area contributed by atoms with Crippen molar-refractivity contribution < 1.29 is 14.7 Å². The van der Waals surface area contributed by atoms with Crippen LogP contribution in [-0.4, -0.2) is 39.9 Å². The van der Waals surface area contributed by atoms with Crippen LogP contribution >= 0.6 is 11.8 Å². The smallest absolute Gasteiger partial charge is 0.316 e. The Balaban J connectivity index is 2.37. The van der Waals surface area contributed by atoms with Gasteiger partial charge in [-0.1, -0.05) is 6.08 Å². The van der Waals surface area contributed by atoms with Gasteiger partial charge in [-0.2, -0.15) is 0 Å². The van der Waals surface area contributed by atoms with Crippen LogP contribution in [0, 0.1) is 0 Å². The Hall–Kier alpha value is -0.970. The fourth-order valence-corrected chi connectivity index (χ4v) is 2.21. The second kappa shape index (κ2) is 5.94. The van der Waals surface area contributed by atoms with Gasteiger partial charge in [-0.3, -0.25) is 9.59 Å². The van der Waals surface area contributed by atoms with Crippen LogP contribution in [-0.2, 0) is 9.59 Å². The van der Waals surface area contributed by atoms with Crippen molar-refractivity contribution in [2.24, 2.45) is 0 Å². The van der Waals surface area contributed by atoms with Crippen LogP contribution in [0.5, 0.6) is 0 Å². The third kappa shape index (κ3) is 3.56. The molecule has 16 heavy (non-hydrogen) atoms. The number of thioether (sulfide) groups is 1. The first kappa shape index (κ1) is 13.1. The van der Waals surface area contributed by atoms with E-state index in [2.05, 4.69) is 6.08 Å². The lowest BCUT2D eigenvalue weighted by Gasteiger charge is -2.18. The molecule has 0 radical (unpaired) electrons. The average Bonchev–Trinajstić information content (AvgIpc) is 2.77. The Bertz CT molecular complexity index is 314. The van der Waals surface area contributed by atoms with Gasteiger partial charge in [0.05, 0.1) is 11.0 Å². The number of amides is 1. The van der Waals surface area contributed by atoms with Crippen molar-refractivity contribution in [3.63, 3.8) is 0 Å². The molecule has 5 heteroatoms. The van der Waals surface area contributed by atoms with Crippen molar-refractivity contribution in [2.75, 3.05) is 12.8 Å². The highest BCUT2D eigenvalue weighted by atomic mass is 32.2. The third-order valence-electron chi connectivity index (χ3n) is 2.63. The predicted molar refractivity (Wildman–Crippen MR) is 64.3 cm³/mol.